The third-order valence-electron chi connectivity index (χ3n) is 3.94. The average Bonchev–Trinajstić information content (AvgIpc) is 2.41. The van der Waals surface area contributed by atoms with Crippen molar-refractivity contribution < 1.29 is 9.13 Å². The smallest absolute Gasteiger partial charge is 0.123 e. The van der Waals surface area contributed by atoms with Crippen LogP contribution in [0, 0.1) is 11.7 Å². The summed E-state index contributed by atoms with van der Waals surface area (Å²) in [4.78, 5) is 2.24. The van der Waals surface area contributed by atoms with Crippen molar-refractivity contribution in [3.05, 3.63) is 35.6 Å². The van der Waals surface area contributed by atoms with E-state index in [1.807, 2.05) is 6.07 Å². The average molecular weight is 266 g/mol. The van der Waals surface area contributed by atoms with Crippen molar-refractivity contribution in [2.75, 3.05) is 26.8 Å². The Balaban J connectivity index is 1.97. The summed E-state index contributed by atoms with van der Waals surface area (Å²) in [6.45, 7) is 3.03. The molecule has 0 aliphatic carbocycles. The maximum Gasteiger partial charge on any atom is 0.123 e. The van der Waals surface area contributed by atoms with Gasteiger partial charge in [-0.05, 0) is 43.5 Å². The molecule has 1 heterocycles. The molecule has 1 fully saturated rings. The number of hydrogen-bond acceptors (Lipinski definition) is 3. The van der Waals surface area contributed by atoms with E-state index in [9.17, 15) is 4.39 Å². The monoisotopic (exact) mass is 266 g/mol. The van der Waals surface area contributed by atoms with E-state index in [1.54, 1.807) is 12.1 Å². The number of benzene rings is 1. The van der Waals surface area contributed by atoms with Gasteiger partial charge in [0.25, 0.3) is 0 Å². The van der Waals surface area contributed by atoms with Crippen LogP contribution in [0.2, 0.25) is 0 Å². The largest absolute Gasteiger partial charge is 0.381 e. The number of rotatable bonds is 5. The minimum Gasteiger partial charge on any atom is -0.381 e. The number of likely N-dealkylation sites (N-methyl/N-ethyl adjacent to an activating group) is 1. The molecule has 1 atom stereocenters. The lowest BCUT2D eigenvalue weighted by atomic mass is 9.90. The van der Waals surface area contributed by atoms with Gasteiger partial charge >= 0.3 is 0 Å². The Morgan fingerprint density at radius 1 is 1.42 bits per heavy atom. The summed E-state index contributed by atoms with van der Waals surface area (Å²) in [5.74, 6) is 0.401. The Hall–Kier alpha value is -0.970. The highest BCUT2D eigenvalue weighted by Crippen LogP contribution is 2.22. The molecular weight excluding hydrogens is 243 g/mol. The second-order valence-electron chi connectivity index (χ2n) is 5.30. The Morgan fingerprint density at radius 2 is 2.16 bits per heavy atom. The van der Waals surface area contributed by atoms with Gasteiger partial charge in [0.05, 0.1) is 0 Å². The summed E-state index contributed by atoms with van der Waals surface area (Å²) in [6, 6.07) is 7.12. The van der Waals surface area contributed by atoms with E-state index in [1.165, 1.54) is 6.07 Å². The summed E-state index contributed by atoms with van der Waals surface area (Å²) >= 11 is 0. The van der Waals surface area contributed by atoms with Gasteiger partial charge < -0.3 is 10.5 Å². The number of hydrogen-bond donors (Lipinski definition) is 1. The SMILES string of the molecule is CN(Cc1cccc(F)c1)C(CN)C1CCOCC1. The summed E-state index contributed by atoms with van der Waals surface area (Å²) in [5.41, 5.74) is 6.93. The lowest BCUT2D eigenvalue weighted by Gasteiger charge is -2.36. The molecule has 1 aliphatic rings. The Labute approximate surface area is 114 Å². The van der Waals surface area contributed by atoms with E-state index in [0.717, 1.165) is 38.2 Å². The first-order chi connectivity index (χ1) is 9.20. The van der Waals surface area contributed by atoms with Crippen LogP contribution in [0.5, 0.6) is 0 Å². The zero-order chi connectivity index (χ0) is 13.7. The van der Waals surface area contributed by atoms with Crippen molar-refractivity contribution in [1.29, 1.82) is 0 Å². The van der Waals surface area contributed by atoms with Gasteiger partial charge in [0.1, 0.15) is 5.82 Å². The zero-order valence-electron chi connectivity index (χ0n) is 11.5. The number of nitrogens with two attached hydrogens (primary N) is 1. The van der Waals surface area contributed by atoms with Crippen LogP contribution >= 0.6 is 0 Å². The van der Waals surface area contributed by atoms with Crippen LogP contribution < -0.4 is 5.73 Å². The minimum absolute atomic E-state index is 0.179. The molecule has 106 valence electrons. The van der Waals surface area contributed by atoms with Crippen molar-refractivity contribution in [2.45, 2.75) is 25.4 Å². The molecule has 1 aromatic rings. The first-order valence-electron chi connectivity index (χ1n) is 6.93. The minimum atomic E-state index is -0.179. The van der Waals surface area contributed by atoms with E-state index >= 15 is 0 Å². The fraction of sp³-hybridized carbons (Fsp3) is 0.600. The van der Waals surface area contributed by atoms with E-state index in [4.69, 9.17) is 10.5 Å². The first kappa shape index (κ1) is 14.4. The molecule has 0 saturated carbocycles. The van der Waals surface area contributed by atoms with Gasteiger partial charge in [-0.1, -0.05) is 12.1 Å². The fourth-order valence-corrected chi connectivity index (χ4v) is 2.87. The molecule has 0 amide bonds. The Kier molecular flexibility index (Phi) is 5.31. The number of ether oxygens (including phenoxy) is 1. The highest BCUT2D eigenvalue weighted by Gasteiger charge is 2.26. The van der Waals surface area contributed by atoms with Crippen LogP contribution in [0.4, 0.5) is 4.39 Å². The van der Waals surface area contributed by atoms with Gasteiger partial charge in [0.15, 0.2) is 0 Å². The maximum atomic E-state index is 13.2. The summed E-state index contributed by atoms with van der Waals surface area (Å²) in [5, 5.41) is 0. The highest BCUT2D eigenvalue weighted by molar-refractivity contribution is 5.16. The van der Waals surface area contributed by atoms with Crippen LogP contribution in [-0.4, -0.2) is 37.7 Å². The molecule has 0 radical (unpaired) electrons. The molecule has 2 N–H and O–H groups in total. The van der Waals surface area contributed by atoms with Crippen molar-refractivity contribution in [1.82, 2.24) is 4.90 Å². The quantitative estimate of drug-likeness (QED) is 0.886. The molecule has 1 unspecified atom stereocenters. The van der Waals surface area contributed by atoms with Crippen LogP contribution in [0.3, 0.4) is 0 Å². The van der Waals surface area contributed by atoms with Crippen molar-refractivity contribution in [3.63, 3.8) is 0 Å². The zero-order valence-corrected chi connectivity index (χ0v) is 11.5. The maximum absolute atomic E-state index is 13.2. The van der Waals surface area contributed by atoms with Gasteiger partial charge in [-0.2, -0.15) is 0 Å². The predicted molar refractivity (Wildman–Crippen MR) is 74.3 cm³/mol. The van der Waals surface area contributed by atoms with Crippen molar-refractivity contribution in [3.8, 4) is 0 Å². The van der Waals surface area contributed by atoms with Gasteiger partial charge in [-0.15, -0.1) is 0 Å². The molecule has 4 heteroatoms. The third-order valence-corrected chi connectivity index (χ3v) is 3.94. The van der Waals surface area contributed by atoms with E-state index < -0.39 is 0 Å². The lowest BCUT2D eigenvalue weighted by molar-refractivity contribution is 0.0321. The molecule has 0 aromatic heterocycles. The van der Waals surface area contributed by atoms with Gasteiger partial charge in [-0.3, -0.25) is 4.90 Å². The number of nitrogens with zero attached hydrogens (tertiary/aromatic N) is 1. The summed E-state index contributed by atoms with van der Waals surface area (Å²) in [7, 11) is 2.07. The van der Waals surface area contributed by atoms with E-state index in [-0.39, 0.29) is 5.82 Å². The molecule has 1 saturated heterocycles. The third kappa shape index (κ3) is 4.00. The Morgan fingerprint density at radius 3 is 2.79 bits per heavy atom. The fourth-order valence-electron chi connectivity index (χ4n) is 2.87. The first-order valence-corrected chi connectivity index (χ1v) is 6.93. The summed E-state index contributed by atoms with van der Waals surface area (Å²) < 4.78 is 18.6. The van der Waals surface area contributed by atoms with Crippen LogP contribution in [0.1, 0.15) is 18.4 Å². The second-order valence-corrected chi connectivity index (χ2v) is 5.30. The van der Waals surface area contributed by atoms with Gasteiger partial charge in [0.2, 0.25) is 0 Å². The standard InChI is InChI=1S/C15H23FN2O/c1-18(11-12-3-2-4-14(16)9-12)15(10-17)13-5-7-19-8-6-13/h2-4,9,13,15H,5-8,10-11,17H2,1H3. The normalized spacial score (nSPS) is 18.7. The topological polar surface area (TPSA) is 38.5 Å². The molecule has 0 spiro atoms. The highest BCUT2D eigenvalue weighted by atomic mass is 19.1. The summed E-state index contributed by atoms with van der Waals surface area (Å²) in [6.07, 6.45) is 2.13. The molecule has 2 rings (SSSR count). The molecule has 19 heavy (non-hydrogen) atoms. The van der Waals surface area contributed by atoms with Crippen LogP contribution in [-0.2, 0) is 11.3 Å². The molecule has 0 bridgehead atoms. The van der Waals surface area contributed by atoms with E-state index in [2.05, 4.69) is 11.9 Å². The van der Waals surface area contributed by atoms with Crippen molar-refractivity contribution >= 4 is 0 Å². The van der Waals surface area contributed by atoms with Gasteiger partial charge in [0, 0.05) is 32.3 Å². The van der Waals surface area contributed by atoms with E-state index in [0.29, 0.717) is 18.5 Å². The van der Waals surface area contributed by atoms with Crippen LogP contribution in [0.25, 0.3) is 0 Å². The predicted octanol–water partition coefficient (Wildman–Crippen LogP) is 2.01. The van der Waals surface area contributed by atoms with Gasteiger partial charge in [-0.25, -0.2) is 4.39 Å². The molecular formula is C15H23FN2O. The number of halogens is 1. The Bertz CT molecular complexity index is 393. The molecule has 1 aliphatic heterocycles. The lowest BCUT2D eigenvalue weighted by Crippen LogP contribution is -2.44. The molecule has 1 aromatic carbocycles. The second kappa shape index (κ2) is 6.98. The molecule has 3 nitrogen and oxygen atoms in total. The van der Waals surface area contributed by atoms with Crippen molar-refractivity contribution in [2.24, 2.45) is 11.7 Å². The van der Waals surface area contributed by atoms with Crippen LogP contribution in [0.15, 0.2) is 24.3 Å².